The minimum atomic E-state index is -0.899. The van der Waals surface area contributed by atoms with Crippen molar-refractivity contribution in [2.45, 2.75) is 6.92 Å². The van der Waals surface area contributed by atoms with Crippen molar-refractivity contribution in [2.75, 3.05) is 5.48 Å². The molecule has 0 aliphatic heterocycles. The molecule has 0 aliphatic rings. The van der Waals surface area contributed by atoms with Gasteiger partial charge in [-0.25, -0.2) is 10.3 Å². The van der Waals surface area contributed by atoms with E-state index < -0.39 is 11.8 Å². The Morgan fingerprint density at radius 1 is 1.23 bits per heavy atom. The maximum absolute atomic E-state index is 10.7. The lowest BCUT2D eigenvalue weighted by Crippen LogP contribution is -2.17. The van der Waals surface area contributed by atoms with Crippen LogP contribution in [-0.2, 0) is 14.4 Å². The number of rotatable bonds is 3. The van der Waals surface area contributed by atoms with Gasteiger partial charge >= 0.3 is 5.97 Å². The highest BCUT2D eigenvalue weighted by molar-refractivity contribution is 6.32. The number of nitrogens with one attached hydrogen (secondary N) is 1. The third-order valence-electron chi connectivity index (χ3n) is 1.32. The van der Waals surface area contributed by atoms with Crippen molar-refractivity contribution < 1.29 is 14.4 Å². The Morgan fingerprint density at radius 2 is 1.85 bits per heavy atom. The molecule has 0 heterocycles. The molecule has 4 heteroatoms. The van der Waals surface area contributed by atoms with E-state index in [1.165, 1.54) is 0 Å². The molecule has 0 radical (unpaired) electrons. The molecule has 0 saturated heterocycles. The summed E-state index contributed by atoms with van der Waals surface area (Å²) >= 11 is 0. The van der Waals surface area contributed by atoms with Gasteiger partial charge in [0.15, 0.2) is 0 Å². The minimum absolute atomic E-state index is 0.622. The predicted octanol–water partition coefficient (Wildman–Crippen LogP) is 1.15. The maximum atomic E-state index is 10.7. The molecule has 4 nitrogen and oxygen atoms in total. The lowest BCUT2D eigenvalue weighted by atomic mass is 10.3. The number of ketones is 1. The number of benzene rings is 1. The SMILES string of the molecule is CC(=O)C(=O)ONc1ccccc1. The average Bonchev–Trinajstić information content (AvgIpc) is 2.15. The smallest absolute Gasteiger partial charge is 0.335 e. The molecule has 1 N–H and O–H groups in total. The maximum Gasteiger partial charge on any atom is 0.398 e. The van der Waals surface area contributed by atoms with Crippen LogP contribution >= 0.6 is 0 Å². The number of anilines is 1. The van der Waals surface area contributed by atoms with Gasteiger partial charge in [0.1, 0.15) is 0 Å². The molecule has 0 saturated carbocycles. The molecule has 1 rings (SSSR count). The van der Waals surface area contributed by atoms with Crippen LogP contribution < -0.4 is 5.48 Å². The van der Waals surface area contributed by atoms with E-state index in [1.54, 1.807) is 24.3 Å². The number of para-hydroxylation sites is 1. The van der Waals surface area contributed by atoms with E-state index in [-0.39, 0.29) is 0 Å². The van der Waals surface area contributed by atoms with Crippen LogP contribution in [-0.4, -0.2) is 11.8 Å². The largest absolute Gasteiger partial charge is 0.398 e. The molecule has 0 spiro atoms. The Kier molecular flexibility index (Phi) is 3.03. The lowest BCUT2D eigenvalue weighted by Gasteiger charge is -2.03. The van der Waals surface area contributed by atoms with E-state index >= 15 is 0 Å². The van der Waals surface area contributed by atoms with Crippen molar-refractivity contribution in [2.24, 2.45) is 0 Å². The van der Waals surface area contributed by atoms with Crippen molar-refractivity contribution >= 4 is 17.4 Å². The van der Waals surface area contributed by atoms with Crippen molar-refractivity contribution in [1.82, 2.24) is 0 Å². The zero-order valence-corrected chi connectivity index (χ0v) is 7.11. The molecule has 68 valence electrons. The fourth-order valence-electron chi connectivity index (χ4n) is 0.683. The van der Waals surface area contributed by atoms with Gasteiger partial charge < -0.3 is 4.84 Å². The number of carbonyl (C=O) groups excluding carboxylic acids is 2. The second kappa shape index (κ2) is 4.25. The lowest BCUT2D eigenvalue weighted by molar-refractivity contribution is -0.150. The second-order valence-electron chi connectivity index (χ2n) is 2.41. The van der Waals surface area contributed by atoms with Gasteiger partial charge in [0.25, 0.3) is 0 Å². The fourth-order valence-corrected chi connectivity index (χ4v) is 0.683. The highest BCUT2D eigenvalue weighted by atomic mass is 16.7. The topological polar surface area (TPSA) is 55.4 Å². The van der Waals surface area contributed by atoms with E-state index in [0.29, 0.717) is 5.69 Å². The summed E-state index contributed by atoms with van der Waals surface area (Å²) in [6.45, 7) is 1.15. The average molecular weight is 179 g/mol. The Balaban J connectivity index is 2.44. The molecule has 0 atom stereocenters. The fraction of sp³-hybridized carbons (Fsp3) is 0.111. The highest BCUT2D eigenvalue weighted by Crippen LogP contribution is 2.04. The summed E-state index contributed by atoms with van der Waals surface area (Å²) in [5, 5.41) is 0. The second-order valence-corrected chi connectivity index (χ2v) is 2.41. The first-order valence-corrected chi connectivity index (χ1v) is 3.73. The molecule has 1 aromatic carbocycles. The van der Waals surface area contributed by atoms with Gasteiger partial charge in [-0.15, -0.1) is 0 Å². The van der Waals surface area contributed by atoms with Gasteiger partial charge in [0, 0.05) is 6.92 Å². The molecule has 0 fully saturated rings. The zero-order valence-electron chi connectivity index (χ0n) is 7.11. The zero-order chi connectivity index (χ0) is 9.68. The van der Waals surface area contributed by atoms with E-state index in [4.69, 9.17) is 0 Å². The normalized spacial score (nSPS) is 9.00. The molecule has 13 heavy (non-hydrogen) atoms. The van der Waals surface area contributed by atoms with Gasteiger partial charge in [-0.05, 0) is 12.1 Å². The predicted molar refractivity (Wildman–Crippen MR) is 46.8 cm³/mol. The van der Waals surface area contributed by atoms with Crippen LogP contribution in [0.4, 0.5) is 5.69 Å². The van der Waals surface area contributed by atoms with Gasteiger partial charge in [-0.2, -0.15) is 0 Å². The third-order valence-corrected chi connectivity index (χ3v) is 1.32. The Morgan fingerprint density at radius 3 is 2.38 bits per heavy atom. The van der Waals surface area contributed by atoms with Crippen LogP contribution in [0.5, 0.6) is 0 Å². The summed E-state index contributed by atoms with van der Waals surface area (Å²) in [7, 11) is 0. The molecular formula is C9H9NO3. The first kappa shape index (κ1) is 9.25. The Bertz CT molecular complexity index is 308. The number of hydrogen-bond acceptors (Lipinski definition) is 4. The molecule has 0 bridgehead atoms. The Hall–Kier alpha value is -1.84. The van der Waals surface area contributed by atoms with Crippen molar-refractivity contribution in [3.05, 3.63) is 30.3 Å². The van der Waals surface area contributed by atoms with E-state index in [0.717, 1.165) is 6.92 Å². The summed E-state index contributed by atoms with van der Waals surface area (Å²) in [6.07, 6.45) is 0. The van der Waals surface area contributed by atoms with Gasteiger partial charge in [0.05, 0.1) is 5.69 Å². The number of Topliss-reactive ketones (excluding diaryl/α,β-unsaturated/α-hetero) is 1. The summed E-state index contributed by atoms with van der Waals surface area (Å²) in [4.78, 5) is 25.6. The van der Waals surface area contributed by atoms with Gasteiger partial charge in [0.2, 0.25) is 5.78 Å². The molecule has 0 amide bonds. The van der Waals surface area contributed by atoms with E-state index in [1.807, 2.05) is 6.07 Å². The van der Waals surface area contributed by atoms with Gasteiger partial charge in [-0.1, -0.05) is 18.2 Å². The number of carbonyl (C=O) groups is 2. The van der Waals surface area contributed by atoms with Crippen LogP contribution in [0.3, 0.4) is 0 Å². The molecule has 1 aromatic rings. The number of hydrogen-bond donors (Lipinski definition) is 1. The molecule has 0 unspecified atom stereocenters. The van der Waals surface area contributed by atoms with Gasteiger partial charge in [-0.3, -0.25) is 4.79 Å². The first-order chi connectivity index (χ1) is 6.20. The molecule has 0 aliphatic carbocycles. The van der Waals surface area contributed by atoms with Crippen LogP contribution in [0, 0.1) is 0 Å². The summed E-state index contributed by atoms with van der Waals surface area (Å²) < 4.78 is 0. The Labute approximate surface area is 75.5 Å². The standard InChI is InChI=1S/C9H9NO3/c1-7(11)9(12)13-10-8-5-3-2-4-6-8/h2-6,10H,1H3. The molecule has 0 aromatic heterocycles. The quantitative estimate of drug-likeness (QED) is 0.558. The summed E-state index contributed by atoms with van der Waals surface area (Å²) in [6, 6.07) is 8.83. The summed E-state index contributed by atoms with van der Waals surface area (Å²) in [5.41, 5.74) is 2.98. The summed E-state index contributed by atoms with van der Waals surface area (Å²) in [5.74, 6) is -1.53. The van der Waals surface area contributed by atoms with Crippen molar-refractivity contribution in [1.29, 1.82) is 0 Å². The molecular weight excluding hydrogens is 170 g/mol. The van der Waals surface area contributed by atoms with Crippen molar-refractivity contribution in [3.63, 3.8) is 0 Å². The monoisotopic (exact) mass is 179 g/mol. The van der Waals surface area contributed by atoms with E-state index in [2.05, 4.69) is 10.3 Å². The van der Waals surface area contributed by atoms with Crippen LogP contribution in [0.2, 0.25) is 0 Å². The minimum Gasteiger partial charge on any atom is -0.335 e. The van der Waals surface area contributed by atoms with E-state index in [9.17, 15) is 9.59 Å². The van der Waals surface area contributed by atoms with Crippen LogP contribution in [0.15, 0.2) is 30.3 Å². The van der Waals surface area contributed by atoms with Crippen LogP contribution in [0.25, 0.3) is 0 Å². The third kappa shape index (κ3) is 2.94. The van der Waals surface area contributed by atoms with Crippen LogP contribution in [0.1, 0.15) is 6.92 Å². The highest BCUT2D eigenvalue weighted by Gasteiger charge is 2.08. The van der Waals surface area contributed by atoms with Crippen molar-refractivity contribution in [3.8, 4) is 0 Å². The first-order valence-electron chi connectivity index (χ1n) is 3.73.